The van der Waals surface area contributed by atoms with Gasteiger partial charge in [-0.15, -0.1) is 10.6 Å². The van der Waals surface area contributed by atoms with Gasteiger partial charge in [-0.05, 0) is 78.8 Å². The number of hydrazone groups is 1. The summed E-state index contributed by atoms with van der Waals surface area (Å²) in [5.41, 5.74) is 11.3. The second kappa shape index (κ2) is 14.4. The smallest absolute Gasteiger partial charge is 0.258 e. The van der Waals surface area contributed by atoms with Gasteiger partial charge < -0.3 is 9.64 Å². The van der Waals surface area contributed by atoms with Crippen LogP contribution >= 0.6 is 23.2 Å². The van der Waals surface area contributed by atoms with E-state index in [4.69, 9.17) is 27.9 Å². The first-order valence-corrected chi connectivity index (χ1v) is 14.9. The zero-order valence-electron chi connectivity index (χ0n) is 23.2. The Morgan fingerprint density at radius 2 is 1.74 bits per heavy atom. The van der Waals surface area contributed by atoms with Crippen molar-refractivity contribution in [2.45, 2.75) is 57.4 Å². The lowest BCUT2D eigenvalue weighted by Crippen LogP contribution is -2.43. The van der Waals surface area contributed by atoms with Crippen LogP contribution < -0.4 is 31.4 Å². The summed E-state index contributed by atoms with van der Waals surface area (Å²) in [4.78, 5) is 27.9. The third-order valence-electron chi connectivity index (χ3n) is 7.46. The highest BCUT2D eigenvalue weighted by Crippen LogP contribution is 2.34. The number of hydrogen-bond donors (Lipinski definition) is 4. The lowest BCUT2D eigenvalue weighted by molar-refractivity contribution is -0.119. The van der Waals surface area contributed by atoms with E-state index in [9.17, 15) is 9.59 Å². The Balaban J connectivity index is 1.25. The molecular weight excluding hydrogens is 575 g/mol. The van der Waals surface area contributed by atoms with E-state index in [0.29, 0.717) is 53.3 Å². The van der Waals surface area contributed by atoms with Gasteiger partial charge in [-0.2, -0.15) is 0 Å². The van der Waals surface area contributed by atoms with Gasteiger partial charge in [0, 0.05) is 22.7 Å². The van der Waals surface area contributed by atoms with Crippen molar-refractivity contribution in [2.24, 2.45) is 5.10 Å². The van der Waals surface area contributed by atoms with Crippen molar-refractivity contribution in [2.75, 3.05) is 11.5 Å². The minimum Gasteiger partial charge on any atom is -0.492 e. The number of anilines is 1. The highest BCUT2D eigenvalue weighted by atomic mass is 35.5. The van der Waals surface area contributed by atoms with Crippen LogP contribution in [0.2, 0.25) is 10.0 Å². The van der Waals surface area contributed by atoms with Crippen LogP contribution in [-0.2, 0) is 11.3 Å². The Kier molecular flexibility index (Phi) is 10.2. The number of nitrogens with one attached hydrogen (secondary N) is 4. The van der Waals surface area contributed by atoms with Crippen LogP contribution in [-0.4, -0.2) is 24.4 Å². The Hall–Kier alpha value is -3.79. The van der Waals surface area contributed by atoms with E-state index in [2.05, 4.69) is 39.0 Å². The zero-order chi connectivity index (χ0) is 29.3. The van der Waals surface area contributed by atoms with Crippen LogP contribution in [0.15, 0.2) is 71.8 Å². The molecule has 1 saturated carbocycles. The van der Waals surface area contributed by atoms with Gasteiger partial charge in [-0.3, -0.25) is 20.3 Å². The molecule has 1 fully saturated rings. The van der Waals surface area contributed by atoms with Gasteiger partial charge in [0.2, 0.25) is 11.9 Å². The molecular formula is C31H34Cl2N6O3. The topological polar surface area (TPSA) is 107 Å². The van der Waals surface area contributed by atoms with Gasteiger partial charge in [0.15, 0.2) is 0 Å². The minimum atomic E-state index is -0.301. The molecule has 2 aliphatic rings. The van der Waals surface area contributed by atoms with Crippen molar-refractivity contribution in [3.05, 3.63) is 93.5 Å². The summed E-state index contributed by atoms with van der Waals surface area (Å²) in [6.45, 7) is 0.714. The average Bonchev–Trinajstić information content (AvgIpc) is 3.53. The summed E-state index contributed by atoms with van der Waals surface area (Å²) in [6.07, 6.45) is 7.11. The maximum Gasteiger partial charge on any atom is 0.258 e. The van der Waals surface area contributed by atoms with Crippen LogP contribution in [0, 0.1) is 0 Å². The van der Waals surface area contributed by atoms with E-state index in [-0.39, 0.29) is 17.8 Å². The predicted molar refractivity (Wildman–Crippen MR) is 165 cm³/mol. The monoisotopic (exact) mass is 608 g/mol. The number of carbonyl (C=O) groups excluding carboxylic acids is 2. The molecule has 0 unspecified atom stereocenters. The molecule has 0 atom stereocenters. The van der Waals surface area contributed by atoms with Crippen molar-refractivity contribution >= 4 is 46.7 Å². The Morgan fingerprint density at radius 1 is 0.976 bits per heavy atom. The first kappa shape index (κ1) is 29.7. The first-order chi connectivity index (χ1) is 20.5. The Morgan fingerprint density at radius 3 is 2.43 bits per heavy atom. The normalized spacial score (nSPS) is 14.9. The van der Waals surface area contributed by atoms with Crippen LogP contribution in [0.25, 0.3) is 0 Å². The summed E-state index contributed by atoms with van der Waals surface area (Å²) in [5, 5.41) is 7.49. The zero-order valence-corrected chi connectivity index (χ0v) is 24.7. The fraction of sp³-hybridized carbons (Fsp3) is 0.323. The molecule has 1 heterocycles. The SMILES string of the molecule is O=C(NC1=NNNN1)c1ccc(CN(C(=O)CCCOc2ccc(Cl)cc2Cl)c2ccc(C3CCCCC3)cc2)cc1. The number of amides is 2. The maximum atomic E-state index is 13.6. The molecule has 0 spiro atoms. The molecule has 5 rings (SSSR count). The van der Waals surface area contributed by atoms with E-state index in [1.54, 1.807) is 35.2 Å². The van der Waals surface area contributed by atoms with Crippen molar-refractivity contribution < 1.29 is 14.3 Å². The molecule has 1 aliphatic heterocycles. The van der Waals surface area contributed by atoms with E-state index in [1.165, 1.54) is 37.7 Å². The third-order valence-corrected chi connectivity index (χ3v) is 7.99. The molecule has 11 heteroatoms. The van der Waals surface area contributed by atoms with Gasteiger partial charge in [-0.25, -0.2) is 5.53 Å². The fourth-order valence-electron chi connectivity index (χ4n) is 5.20. The average molecular weight is 610 g/mol. The quantitative estimate of drug-likeness (QED) is 0.209. The standard InChI is InChI=1S/C31H34Cl2N6O3/c32-25-14-17-28(27(33)19-25)42-18-4-7-29(40)39(26-15-12-23(13-16-26)22-5-2-1-3-6-22)20-21-8-10-24(11-9-21)30(41)34-31-35-37-38-36-31/h8-17,19,22,37-38H,1-7,18,20H2,(H2,34,35,36,41). The molecule has 220 valence electrons. The third kappa shape index (κ3) is 7.94. The molecule has 1 aliphatic carbocycles. The second-order valence-electron chi connectivity index (χ2n) is 10.4. The Bertz CT molecular complexity index is 1410. The molecule has 0 saturated heterocycles. The van der Waals surface area contributed by atoms with Crippen LogP contribution in [0.1, 0.15) is 72.3 Å². The molecule has 3 aromatic rings. The molecule has 0 bridgehead atoms. The highest BCUT2D eigenvalue weighted by Gasteiger charge is 2.20. The molecule has 9 nitrogen and oxygen atoms in total. The number of halogens is 2. The number of hydrogen-bond acceptors (Lipinski definition) is 7. The van der Waals surface area contributed by atoms with Gasteiger partial charge in [-0.1, -0.05) is 66.7 Å². The Labute approximate surface area is 255 Å². The molecule has 3 aromatic carbocycles. The first-order valence-electron chi connectivity index (χ1n) is 14.2. The van der Waals surface area contributed by atoms with Gasteiger partial charge in [0.25, 0.3) is 5.91 Å². The minimum absolute atomic E-state index is 0.0154. The molecule has 4 N–H and O–H groups in total. The second-order valence-corrected chi connectivity index (χ2v) is 11.3. The van der Waals surface area contributed by atoms with E-state index in [0.717, 1.165) is 11.3 Å². The number of benzene rings is 3. The highest BCUT2D eigenvalue weighted by molar-refractivity contribution is 6.35. The summed E-state index contributed by atoms with van der Waals surface area (Å²) >= 11 is 12.2. The van der Waals surface area contributed by atoms with Crippen molar-refractivity contribution in [3.63, 3.8) is 0 Å². The van der Waals surface area contributed by atoms with E-state index in [1.807, 2.05) is 24.3 Å². The van der Waals surface area contributed by atoms with Crippen molar-refractivity contribution in [1.82, 2.24) is 21.8 Å². The lowest BCUT2D eigenvalue weighted by atomic mass is 9.84. The van der Waals surface area contributed by atoms with Crippen molar-refractivity contribution in [1.29, 1.82) is 0 Å². The van der Waals surface area contributed by atoms with Gasteiger partial charge in [0.05, 0.1) is 18.2 Å². The predicted octanol–water partition coefficient (Wildman–Crippen LogP) is 6.05. The van der Waals surface area contributed by atoms with Gasteiger partial charge >= 0.3 is 0 Å². The molecule has 42 heavy (non-hydrogen) atoms. The number of nitrogens with zero attached hydrogens (tertiary/aromatic N) is 2. The largest absolute Gasteiger partial charge is 0.492 e. The number of hydrazine groups is 2. The fourth-order valence-corrected chi connectivity index (χ4v) is 5.66. The van der Waals surface area contributed by atoms with Gasteiger partial charge in [0.1, 0.15) is 5.75 Å². The number of guanidine groups is 1. The number of carbonyl (C=O) groups is 2. The van der Waals surface area contributed by atoms with Crippen LogP contribution in [0.4, 0.5) is 5.69 Å². The number of ether oxygens (including phenoxy) is 1. The molecule has 0 aromatic heterocycles. The van der Waals surface area contributed by atoms with Crippen molar-refractivity contribution in [3.8, 4) is 5.75 Å². The summed E-state index contributed by atoms with van der Waals surface area (Å²) in [7, 11) is 0. The summed E-state index contributed by atoms with van der Waals surface area (Å²) in [5.74, 6) is 1.09. The molecule has 0 radical (unpaired) electrons. The molecule has 2 amide bonds. The van der Waals surface area contributed by atoms with E-state index >= 15 is 0 Å². The lowest BCUT2D eigenvalue weighted by Gasteiger charge is -2.25. The maximum absolute atomic E-state index is 13.6. The number of rotatable bonds is 10. The summed E-state index contributed by atoms with van der Waals surface area (Å²) in [6, 6.07) is 20.7. The van der Waals surface area contributed by atoms with Crippen LogP contribution in [0.5, 0.6) is 5.75 Å². The van der Waals surface area contributed by atoms with E-state index < -0.39 is 0 Å². The van der Waals surface area contributed by atoms with Crippen LogP contribution in [0.3, 0.4) is 0 Å². The summed E-state index contributed by atoms with van der Waals surface area (Å²) < 4.78 is 5.79.